The van der Waals surface area contributed by atoms with Gasteiger partial charge in [0.25, 0.3) is 5.82 Å². The van der Waals surface area contributed by atoms with Gasteiger partial charge < -0.3 is 10.5 Å². The third-order valence-electron chi connectivity index (χ3n) is 7.55. The van der Waals surface area contributed by atoms with Gasteiger partial charge in [0.2, 0.25) is 5.91 Å². The van der Waals surface area contributed by atoms with Crippen molar-refractivity contribution in [2.24, 2.45) is 11.7 Å². The Kier molecular flexibility index (Phi) is 5.60. The van der Waals surface area contributed by atoms with Crippen LogP contribution in [0.15, 0.2) is 73.1 Å². The maximum absolute atomic E-state index is 13.3. The molecule has 0 bridgehead atoms. The van der Waals surface area contributed by atoms with Crippen molar-refractivity contribution in [2.45, 2.75) is 56.7 Å². The zero-order valence-corrected chi connectivity index (χ0v) is 18.7. The number of aryl methyl sites for hydroxylation is 1. The van der Waals surface area contributed by atoms with Gasteiger partial charge in [0.15, 0.2) is 0 Å². The molecule has 166 valence electrons. The quantitative estimate of drug-likeness (QED) is 0.438. The van der Waals surface area contributed by atoms with E-state index in [1.807, 2.05) is 36.4 Å². The van der Waals surface area contributed by atoms with Gasteiger partial charge in [-0.25, -0.2) is 9.13 Å². The molecule has 2 aliphatic rings. The Morgan fingerprint density at radius 2 is 1.72 bits per heavy atom. The minimum absolute atomic E-state index is 0.143. The number of amides is 1. The molecule has 32 heavy (non-hydrogen) atoms. The Balaban J connectivity index is 1.47. The summed E-state index contributed by atoms with van der Waals surface area (Å²) < 4.78 is 10.1. The molecule has 2 N–H and O–H groups in total. The lowest BCUT2D eigenvalue weighted by molar-refractivity contribution is -0.703. The zero-order chi connectivity index (χ0) is 22.1. The van der Waals surface area contributed by atoms with Crippen LogP contribution in [-0.2, 0) is 21.5 Å². The van der Waals surface area contributed by atoms with E-state index in [1.54, 1.807) is 0 Å². The number of hydrogen-bond donors (Lipinski definition) is 1. The van der Waals surface area contributed by atoms with E-state index >= 15 is 0 Å². The lowest BCUT2D eigenvalue weighted by Crippen LogP contribution is -2.47. The molecule has 5 heteroatoms. The molecule has 1 amide bonds. The summed E-state index contributed by atoms with van der Waals surface area (Å²) in [7, 11) is 0. The molecule has 5 nitrogen and oxygen atoms in total. The maximum Gasteiger partial charge on any atom is 0.253 e. The van der Waals surface area contributed by atoms with Crippen LogP contribution in [0, 0.1) is 12.8 Å². The monoisotopic (exact) mass is 430 g/mol. The van der Waals surface area contributed by atoms with Crippen molar-refractivity contribution in [3.05, 3.63) is 90.0 Å². The van der Waals surface area contributed by atoms with Crippen LogP contribution in [-0.4, -0.2) is 23.2 Å². The molecule has 3 unspecified atom stereocenters. The van der Waals surface area contributed by atoms with E-state index < -0.39 is 5.41 Å². The average molecular weight is 431 g/mol. The number of imidazole rings is 1. The smallest absolute Gasteiger partial charge is 0.253 e. The van der Waals surface area contributed by atoms with Crippen LogP contribution in [0.1, 0.15) is 48.7 Å². The minimum atomic E-state index is -0.822. The number of carbonyl (C=O) groups is 1. The van der Waals surface area contributed by atoms with Gasteiger partial charge in [-0.15, -0.1) is 0 Å². The number of nitrogens with zero attached hydrogens (tertiary/aromatic N) is 2. The fraction of sp³-hybridized carbons (Fsp3) is 0.407. The predicted molar refractivity (Wildman–Crippen MR) is 123 cm³/mol. The number of carbonyl (C=O) groups excluding carboxylic acids is 1. The number of rotatable bonds is 8. The fourth-order valence-electron chi connectivity index (χ4n) is 5.79. The van der Waals surface area contributed by atoms with Gasteiger partial charge in [-0.1, -0.05) is 60.7 Å². The van der Waals surface area contributed by atoms with Gasteiger partial charge >= 0.3 is 0 Å². The molecule has 1 aliphatic carbocycles. The van der Waals surface area contributed by atoms with Gasteiger partial charge in [0.1, 0.15) is 23.9 Å². The van der Waals surface area contributed by atoms with Crippen LogP contribution in [0.5, 0.6) is 0 Å². The molecule has 2 fully saturated rings. The summed E-state index contributed by atoms with van der Waals surface area (Å²) in [6.45, 7) is 4.08. The third-order valence-corrected chi connectivity index (χ3v) is 7.55. The molecule has 1 saturated carbocycles. The molecule has 1 aliphatic heterocycles. The summed E-state index contributed by atoms with van der Waals surface area (Å²) in [6, 6.07) is 20.6. The Labute approximate surface area is 189 Å². The highest BCUT2D eigenvalue weighted by atomic mass is 16.6. The van der Waals surface area contributed by atoms with Crippen LogP contribution in [0.25, 0.3) is 0 Å². The van der Waals surface area contributed by atoms with E-state index in [9.17, 15) is 4.79 Å². The summed E-state index contributed by atoms with van der Waals surface area (Å²) in [5.74, 6) is 1.15. The van der Waals surface area contributed by atoms with Crippen LogP contribution >= 0.6 is 0 Å². The predicted octanol–water partition coefficient (Wildman–Crippen LogP) is 3.69. The number of primary amides is 1. The van der Waals surface area contributed by atoms with Gasteiger partial charge in [0.05, 0.1) is 19.3 Å². The van der Waals surface area contributed by atoms with Crippen molar-refractivity contribution in [2.75, 3.05) is 6.61 Å². The van der Waals surface area contributed by atoms with Crippen molar-refractivity contribution in [1.29, 1.82) is 0 Å². The lowest BCUT2D eigenvalue weighted by atomic mass is 9.64. The van der Waals surface area contributed by atoms with Crippen molar-refractivity contribution in [1.82, 2.24) is 4.57 Å². The van der Waals surface area contributed by atoms with E-state index in [-0.39, 0.29) is 11.8 Å². The Morgan fingerprint density at radius 1 is 1.09 bits per heavy atom. The molecule has 5 rings (SSSR count). The number of nitrogens with two attached hydrogens (primary N) is 1. The van der Waals surface area contributed by atoms with Crippen molar-refractivity contribution in [3.63, 3.8) is 0 Å². The van der Waals surface area contributed by atoms with Crippen molar-refractivity contribution < 1.29 is 14.1 Å². The molecule has 2 heterocycles. The van der Waals surface area contributed by atoms with E-state index in [4.69, 9.17) is 10.5 Å². The summed E-state index contributed by atoms with van der Waals surface area (Å²) in [6.07, 6.45) is 8.82. The Bertz CT molecular complexity index is 1030. The van der Waals surface area contributed by atoms with Crippen LogP contribution in [0.4, 0.5) is 0 Å². The molecular formula is C27H32N3O2+. The average Bonchev–Trinajstić information content (AvgIpc) is 3.40. The molecule has 3 aromatic rings. The second kappa shape index (κ2) is 8.55. The number of epoxide rings is 1. The van der Waals surface area contributed by atoms with Gasteiger partial charge in [-0.2, -0.15) is 0 Å². The van der Waals surface area contributed by atoms with E-state index in [2.05, 4.69) is 52.7 Å². The summed E-state index contributed by atoms with van der Waals surface area (Å²) in [5.41, 5.74) is 7.41. The second-order valence-corrected chi connectivity index (χ2v) is 9.26. The second-order valence-electron chi connectivity index (χ2n) is 9.26. The van der Waals surface area contributed by atoms with Gasteiger partial charge in [-0.05, 0) is 36.3 Å². The lowest BCUT2D eigenvalue weighted by Gasteiger charge is -2.37. The highest BCUT2D eigenvalue weighted by Gasteiger charge is 2.51. The van der Waals surface area contributed by atoms with Crippen LogP contribution < -0.4 is 10.3 Å². The molecular weight excluding hydrogens is 398 g/mol. The number of ether oxygens (including phenoxy) is 1. The highest BCUT2D eigenvalue weighted by molar-refractivity contribution is 5.91. The van der Waals surface area contributed by atoms with Crippen molar-refractivity contribution in [3.8, 4) is 0 Å². The van der Waals surface area contributed by atoms with Gasteiger partial charge in [-0.3, -0.25) is 4.79 Å². The first-order valence-electron chi connectivity index (χ1n) is 11.7. The maximum atomic E-state index is 13.3. The molecule has 0 radical (unpaired) electrons. The first-order valence-corrected chi connectivity index (χ1v) is 11.7. The van der Waals surface area contributed by atoms with E-state index in [0.717, 1.165) is 50.0 Å². The van der Waals surface area contributed by atoms with E-state index in [0.29, 0.717) is 12.1 Å². The number of benzene rings is 2. The zero-order valence-electron chi connectivity index (χ0n) is 18.7. The number of aromatic nitrogens is 2. The highest BCUT2D eigenvalue weighted by Crippen LogP contribution is 2.49. The minimum Gasteiger partial charge on any atom is -0.373 e. The first-order chi connectivity index (χ1) is 15.6. The Morgan fingerprint density at radius 3 is 2.28 bits per heavy atom. The topological polar surface area (TPSA) is 64.4 Å². The molecule has 1 saturated heterocycles. The Hall–Kier alpha value is -2.92. The van der Waals surface area contributed by atoms with Crippen molar-refractivity contribution >= 4 is 5.91 Å². The fourth-order valence-corrected chi connectivity index (χ4v) is 5.79. The standard InChI is InChI=1S/C27H31N3O2/c1-20-29(15-14-25-19-32-25)16-17-30(20)24-13-12-23(18-24)27(26(28)31,21-8-4-2-5-9-21)22-10-6-3-7-11-22/h2-11,16-17,23-25H,12-15,18-19H2,1H3,(H-,28,31)/p+1. The summed E-state index contributed by atoms with van der Waals surface area (Å²) >= 11 is 0. The number of hydrogen-bond acceptors (Lipinski definition) is 2. The molecule has 1 aromatic heterocycles. The largest absolute Gasteiger partial charge is 0.373 e. The van der Waals surface area contributed by atoms with Crippen LogP contribution in [0.2, 0.25) is 0 Å². The molecule has 3 atom stereocenters. The first kappa shape index (κ1) is 21.0. The SMILES string of the molecule is Cc1n(C2CCC(C(C(N)=O)(c3ccccc3)c3ccccc3)C2)cc[n+]1CCC1CO1. The summed E-state index contributed by atoms with van der Waals surface area (Å²) in [5, 5.41) is 0. The van der Waals surface area contributed by atoms with E-state index in [1.165, 1.54) is 5.82 Å². The normalized spacial score (nSPS) is 22.7. The third kappa shape index (κ3) is 3.65. The molecule has 0 spiro atoms. The summed E-state index contributed by atoms with van der Waals surface area (Å²) in [4.78, 5) is 13.3. The van der Waals surface area contributed by atoms with Crippen LogP contribution in [0.3, 0.4) is 0 Å². The van der Waals surface area contributed by atoms with Gasteiger partial charge in [0, 0.05) is 13.3 Å². The molecule has 2 aromatic carbocycles.